The van der Waals surface area contributed by atoms with E-state index in [0.29, 0.717) is 18.3 Å². The summed E-state index contributed by atoms with van der Waals surface area (Å²) in [5.41, 5.74) is 5.27. The predicted molar refractivity (Wildman–Crippen MR) is 55.2 cm³/mol. The van der Waals surface area contributed by atoms with Gasteiger partial charge in [-0.1, -0.05) is 0 Å². The molecule has 0 aliphatic carbocycles. The third-order valence-electron chi connectivity index (χ3n) is 1.40. The molecule has 78 valence electrons. The van der Waals surface area contributed by atoms with Crippen LogP contribution in [0.4, 0.5) is 5.13 Å². The lowest BCUT2D eigenvalue weighted by Crippen LogP contribution is -2.19. The number of aromatic nitrogens is 1. The van der Waals surface area contributed by atoms with Crippen molar-refractivity contribution in [1.29, 1.82) is 0 Å². The van der Waals surface area contributed by atoms with Crippen LogP contribution in [-0.4, -0.2) is 30.6 Å². The Kier molecular flexibility index (Phi) is 5.13. The average Bonchev–Trinajstić information content (AvgIpc) is 2.65. The van der Waals surface area contributed by atoms with Crippen molar-refractivity contribution in [2.75, 3.05) is 25.1 Å². The summed E-state index contributed by atoms with van der Waals surface area (Å²) in [5, 5.41) is 5.00. The Morgan fingerprint density at radius 1 is 1.71 bits per heavy atom. The fourth-order valence-corrected chi connectivity index (χ4v) is 1.34. The van der Waals surface area contributed by atoms with Crippen LogP contribution in [0.3, 0.4) is 0 Å². The molecule has 1 rings (SSSR count). The van der Waals surface area contributed by atoms with Crippen LogP contribution in [-0.2, 0) is 9.53 Å². The molecule has 0 bridgehead atoms. The Morgan fingerprint density at radius 3 is 3.21 bits per heavy atom. The van der Waals surface area contributed by atoms with Crippen molar-refractivity contribution in [2.45, 2.75) is 6.42 Å². The summed E-state index contributed by atoms with van der Waals surface area (Å²) in [6.45, 7) is 1.15. The van der Waals surface area contributed by atoms with E-state index in [9.17, 15) is 4.79 Å². The molecular formula is C8H13N3O2S. The largest absolute Gasteiger partial charge is 0.372 e. The molecule has 0 saturated carbocycles. The molecule has 0 fully saturated rings. The molecule has 0 atom stereocenters. The molecule has 0 unspecified atom stereocenters. The molecule has 1 amide bonds. The van der Waals surface area contributed by atoms with Crippen LogP contribution in [0, 0.1) is 0 Å². The predicted octanol–water partition coefficient (Wildman–Crippen LogP) is 0.447. The van der Waals surface area contributed by atoms with E-state index in [2.05, 4.69) is 10.3 Å². The van der Waals surface area contributed by atoms with Crippen LogP contribution in [0.2, 0.25) is 0 Å². The number of rotatable bonds is 6. The van der Waals surface area contributed by atoms with Crippen molar-refractivity contribution in [3.63, 3.8) is 0 Å². The number of carbonyl (C=O) groups excluding carboxylic acids is 1. The minimum atomic E-state index is -0.183. The smallest absolute Gasteiger partial charge is 0.252 e. The highest BCUT2D eigenvalue weighted by atomic mass is 32.1. The number of nitrogens with two attached hydrogens (primary N) is 1. The normalized spacial score (nSPS) is 10.1. The molecule has 6 heteroatoms. The number of hydrogen-bond donors (Lipinski definition) is 2. The Morgan fingerprint density at radius 2 is 2.57 bits per heavy atom. The van der Waals surface area contributed by atoms with E-state index in [4.69, 9.17) is 10.5 Å². The van der Waals surface area contributed by atoms with Gasteiger partial charge in [0, 0.05) is 18.2 Å². The molecular weight excluding hydrogens is 202 g/mol. The zero-order valence-electron chi connectivity index (χ0n) is 7.73. The van der Waals surface area contributed by atoms with Crippen molar-refractivity contribution in [3.05, 3.63) is 11.6 Å². The minimum absolute atomic E-state index is 0.0551. The molecule has 0 saturated heterocycles. The average molecular weight is 215 g/mol. The molecule has 1 heterocycles. The van der Waals surface area contributed by atoms with E-state index in [1.54, 1.807) is 11.6 Å². The molecule has 0 aliphatic rings. The highest BCUT2D eigenvalue weighted by Gasteiger charge is 2.03. The standard InChI is InChI=1S/C8H13N3O2S/c9-2-1-4-13-6-7(12)11-8-10-3-5-14-8/h3,5H,1-2,4,6,9H2,(H,10,11,12). The van der Waals surface area contributed by atoms with Crippen molar-refractivity contribution in [1.82, 2.24) is 4.98 Å². The zero-order chi connectivity index (χ0) is 10.2. The molecule has 0 spiro atoms. The van der Waals surface area contributed by atoms with Gasteiger partial charge in [0.05, 0.1) is 0 Å². The zero-order valence-corrected chi connectivity index (χ0v) is 8.55. The summed E-state index contributed by atoms with van der Waals surface area (Å²) in [7, 11) is 0. The molecule has 3 N–H and O–H groups in total. The van der Waals surface area contributed by atoms with Crippen LogP contribution in [0.15, 0.2) is 11.6 Å². The minimum Gasteiger partial charge on any atom is -0.372 e. The lowest BCUT2D eigenvalue weighted by molar-refractivity contribution is -0.120. The summed E-state index contributed by atoms with van der Waals surface area (Å²) in [6, 6.07) is 0. The lowest BCUT2D eigenvalue weighted by atomic mass is 10.5. The highest BCUT2D eigenvalue weighted by Crippen LogP contribution is 2.09. The number of thiazole rings is 1. The molecule has 14 heavy (non-hydrogen) atoms. The summed E-state index contributed by atoms with van der Waals surface area (Å²) < 4.78 is 5.07. The first-order valence-corrected chi connectivity index (χ1v) is 5.18. The third kappa shape index (κ3) is 4.31. The Labute approximate surface area is 86.3 Å². The second kappa shape index (κ2) is 6.47. The van der Waals surface area contributed by atoms with E-state index in [0.717, 1.165) is 6.42 Å². The maximum absolute atomic E-state index is 11.2. The van der Waals surface area contributed by atoms with E-state index >= 15 is 0 Å². The first-order valence-electron chi connectivity index (χ1n) is 4.30. The number of ether oxygens (including phenoxy) is 1. The fraction of sp³-hybridized carbons (Fsp3) is 0.500. The van der Waals surface area contributed by atoms with Gasteiger partial charge in [-0.25, -0.2) is 4.98 Å². The maximum atomic E-state index is 11.2. The van der Waals surface area contributed by atoms with Crippen LogP contribution in [0.25, 0.3) is 0 Å². The van der Waals surface area contributed by atoms with Crippen molar-refractivity contribution < 1.29 is 9.53 Å². The van der Waals surface area contributed by atoms with E-state index in [1.807, 2.05) is 0 Å². The quantitative estimate of drug-likeness (QED) is 0.675. The van der Waals surface area contributed by atoms with Gasteiger partial charge in [-0.3, -0.25) is 10.1 Å². The first kappa shape index (κ1) is 11.1. The van der Waals surface area contributed by atoms with Crippen LogP contribution >= 0.6 is 11.3 Å². The first-order chi connectivity index (χ1) is 6.83. The van der Waals surface area contributed by atoms with Gasteiger partial charge in [0.25, 0.3) is 5.91 Å². The van der Waals surface area contributed by atoms with Gasteiger partial charge in [-0.15, -0.1) is 11.3 Å². The van der Waals surface area contributed by atoms with Gasteiger partial charge in [-0.05, 0) is 13.0 Å². The topological polar surface area (TPSA) is 77.2 Å². The van der Waals surface area contributed by atoms with Gasteiger partial charge >= 0.3 is 0 Å². The second-order valence-corrected chi connectivity index (χ2v) is 3.47. The molecule has 0 aromatic carbocycles. The van der Waals surface area contributed by atoms with Gasteiger partial charge in [0.1, 0.15) is 6.61 Å². The molecule has 0 aliphatic heterocycles. The van der Waals surface area contributed by atoms with E-state index in [-0.39, 0.29) is 12.5 Å². The van der Waals surface area contributed by atoms with Crippen LogP contribution in [0.1, 0.15) is 6.42 Å². The van der Waals surface area contributed by atoms with Crippen molar-refractivity contribution in [3.8, 4) is 0 Å². The number of hydrogen-bond acceptors (Lipinski definition) is 5. The number of nitrogens with zero attached hydrogens (tertiary/aromatic N) is 1. The summed E-state index contributed by atoms with van der Waals surface area (Å²) in [5.74, 6) is -0.183. The summed E-state index contributed by atoms with van der Waals surface area (Å²) in [4.78, 5) is 15.1. The Bertz CT molecular complexity index is 264. The van der Waals surface area contributed by atoms with Gasteiger partial charge in [0.15, 0.2) is 5.13 Å². The van der Waals surface area contributed by atoms with Crippen molar-refractivity contribution in [2.24, 2.45) is 5.73 Å². The van der Waals surface area contributed by atoms with Gasteiger partial charge in [-0.2, -0.15) is 0 Å². The maximum Gasteiger partial charge on any atom is 0.252 e. The van der Waals surface area contributed by atoms with Crippen LogP contribution < -0.4 is 11.1 Å². The number of amides is 1. The number of carbonyl (C=O) groups is 1. The highest BCUT2D eigenvalue weighted by molar-refractivity contribution is 7.13. The Balaban J connectivity index is 2.11. The second-order valence-electron chi connectivity index (χ2n) is 2.58. The summed E-state index contributed by atoms with van der Waals surface area (Å²) >= 11 is 1.38. The van der Waals surface area contributed by atoms with E-state index in [1.165, 1.54) is 11.3 Å². The van der Waals surface area contributed by atoms with Gasteiger partial charge < -0.3 is 10.5 Å². The SMILES string of the molecule is NCCCOCC(=O)Nc1nccs1. The molecule has 5 nitrogen and oxygen atoms in total. The van der Waals surface area contributed by atoms with Gasteiger partial charge in [0.2, 0.25) is 0 Å². The fourth-order valence-electron chi connectivity index (χ4n) is 0.791. The van der Waals surface area contributed by atoms with Crippen LogP contribution in [0.5, 0.6) is 0 Å². The summed E-state index contributed by atoms with van der Waals surface area (Å²) in [6.07, 6.45) is 2.40. The molecule has 0 radical (unpaired) electrons. The molecule has 1 aromatic heterocycles. The van der Waals surface area contributed by atoms with E-state index < -0.39 is 0 Å². The molecule has 1 aromatic rings. The van der Waals surface area contributed by atoms with Crippen molar-refractivity contribution >= 4 is 22.4 Å². The number of anilines is 1. The third-order valence-corrected chi connectivity index (χ3v) is 2.09. The number of nitrogens with one attached hydrogen (secondary N) is 1. The Hall–Kier alpha value is -0.980. The lowest BCUT2D eigenvalue weighted by Gasteiger charge is -2.02. The monoisotopic (exact) mass is 215 g/mol.